The van der Waals surface area contributed by atoms with Gasteiger partial charge in [-0.2, -0.15) is 0 Å². The Balaban J connectivity index is -0.00000000167. The van der Waals surface area contributed by atoms with Crippen LogP contribution in [0.15, 0.2) is 0 Å². The zero-order valence-corrected chi connectivity index (χ0v) is 9.20. The number of hydrogen-bond acceptors (Lipinski definition) is 1. The maximum atomic E-state index is 8.25. The number of rotatable bonds is 0. The first-order valence-corrected chi connectivity index (χ1v) is 0.842. The Labute approximate surface area is 76.5 Å². The third kappa shape index (κ3) is 22.7. The topological polar surface area (TPSA) is 17.1 Å². The molecule has 1 nitrogen and oxygen atoms in total. The summed E-state index contributed by atoms with van der Waals surface area (Å²) in [5, 5.41) is 0. The first-order valence-electron chi connectivity index (χ1n) is 0.204. The molecule has 0 aliphatic heterocycles. The van der Waals surface area contributed by atoms with Crippen molar-refractivity contribution in [3.63, 3.8) is 0 Å². The second-order valence-corrected chi connectivity index (χ2v) is 0. The molecule has 0 saturated carbocycles. The van der Waals surface area contributed by atoms with Crippen LogP contribution in [0.1, 0.15) is 0 Å². The quantitative estimate of drug-likeness (QED) is 0.539. The van der Waals surface area contributed by atoms with Crippen molar-refractivity contribution in [1.29, 1.82) is 0 Å². The summed E-state index contributed by atoms with van der Waals surface area (Å²) < 4.78 is 8.25. The second-order valence-electron chi connectivity index (χ2n) is 0. The summed E-state index contributed by atoms with van der Waals surface area (Å²) in [5.41, 5.74) is 0. The Morgan fingerprint density at radius 2 is 1.20 bits per heavy atom. The molecule has 5 heteroatoms. The SMILES string of the molecule is [Co].[Cr].[O]=[Ti].[Zn]. The predicted molar refractivity (Wildman–Crippen MR) is 0.686 cm³/mol. The Hall–Kier alpha value is 2.18. The van der Waals surface area contributed by atoms with Gasteiger partial charge in [-0.1, -0.05) is 0 Å². The predicted octanol–water partition coefficient (Wildman–Crippen LogP) is -0.129. The van der Waals surface area contributed by atoms with Crippen LogP contribution in [0.5, 0.6) is 0 Å². The Morgan fingerprint density at radius 1 is 1.20 bits per heavy atom. The van der Waals surface area contributed by atoms with E-state index in [0.29, 0.717) is 0 Å². The molecule has 0 aliphatic rings. The van der Waals surface area contributed by atoms with Crippen LogP contribution in [-0.2, 0) is 77.3 Å². The van der Waals surface area contributed by atoms with E-state index in [9.17, 15) is 0 Å². The molecule has 0 unspecified atom stereocenters. The van der Waals surface area contributed by atoms with Gasteiger partial charge in [0.2, 0.25) is 0 Å². The zero-order valence-electron chi connectivity index (χ0n) is 2.36. The van der Waals surface area contributed by atoms with E-state index in [0.717, 1.165) is 20.4 Å². The Bertz CT molecular complexity index is 11.6. The van der Waals surface area contributed by atoms with Crippen LogP contribution in [0.4, 0.5) is 0 Å². The van der Waals surface area contributed by atoms with Crippen molar-refractivity contribution in [2.45, 2.75) is 0 Å². The van der Waals surface area contributed by atoms with E-state index in [1.54, 1.807) is 0 Å². The molecule has 27 valence electrons. The van der Waals surface area contributed by atoms with Gasteiger partial charge < -0.3 is 0 Å². The van der Waals surface area contributed by atoms with Crippen molar-refractivity contribution in [2.24, 2.45) is 0 Å². The summed E-state index contributed by atoms with van der Waals surface area (Å²) in [4.78, 5) is 0. The van der Waals surface area contributed by atoms with E-state index in [-0.39, 0.29) is 53.6 Å². The molecular formula is CoCrOTiZn. The molecule has 0 fully saturated rings. The fourth-order valence-corrected chi connectivity index (χ4v) is 0. The largest absolute Gasteiger partial charge is 0 e. The molecule has 0 N–H and O–H groups in total. The van der Waals surface area contributed by atoms with Crippen LogP contribution in [-0.4, -0.2) is 0 Å². The van der Waals surface area contributed by atoms with Crippen molar-refractivity contribution in [1.82, 2.24) is 0 Å². The molecule has 0 heterocycles. The van der Waals surface area contributed by atoms with Crippen LogP contribution < -0.4 is 0 Å². The molecule has 0 bridgehead atoms. The van der Waals surface area contributed by atoms with E-state index >= 15 is 0 Å². The van der Waals surface area contributed by atoms with Crippen LogP contribution >= 0.6 is 0 Å². The van der Waals surface area contributed by atoms with Gasteiger partial charge in [-0.05, 0) is 0 Å². The fraction of sp³-hybridized carbons (Fsp3) is 0. The summed E-state index contributed by atoms with van der Waals surface area (Å²) in [6.07, 6.45) is 0. The summed E-state index contributed by atoms with van der Waals surface area (Å²) in [7, 11) is 0. The maximum Gasteiger partial charge on any atom is 0 e. The molecule has 0 rings (SSSR count). The standard InChI is InChI=1S/Co.Cr.O.Ti.Zn. The fourth-order valence-electron chi connectivity index (χ4n) is 0. The van der Waals surface area contributed by atoms with Gasteiger partial charge in [0, 0.05) is 53.6 Å². The average molecular weight is 240 g/mol. The average Bonchev–Trinajstić information content (AvgIpc) is 1.00. The van der Waals surface area contributed by atoms with Crippen molar-refractivity contribution >= 4 is 0 Å². The molecule has 0 atom stereocenters. The maximum absolute atomic E-state index is 8.25. The Morgan fingerprint density at radius 3 is 1.20 bits per heavy atom. The monoisotopic (exact) mass is 239 g/mol. The van der Waals surface area contributed by atoms with Crippen molar-refractivity contribution in [3.8, 4) is 0 Å². The molecule has 0 spiro atoms. The van der Waals surface area contributed by atoms with Crippen LogP contribution in [0, 0.1) is 0 Å². The minimum Gasteiger partial charge on any atom is 0 e. The molecule has 0 amide bonds. The summed E-state index contributed by atoms with van der Waals surface area (Å²) >= 11 is 0.750. The molecule has 0 saturated heterocycles. The van der Waals surface area contributed by atoms with E-state index in [4.69, 9.17) is 3.32 Å². The van der Waals surface area contributed by atoms with Gasteiger partial charge in [0.25, 0.3) is 0 Å². The number of hydrogen-bond donors (Lipinski definition) is 0. The minimum absolute atomic E-state index is 0. The molecule has 0 aliphatic carbocycles. The van der Waals surface area contributed by atoms with Crippen LogP contribution in [0.25, 0.3) is 0 Å². The normalized spacial score (nSPS) is 0.600. The van der Waals surface area contributed by atoms with Crippen LogP contribution in [0.2, 0.25) is 0 Å². The van der Waals surface area contributed by atoms with Crippen molar-refractivity contribution in [2.75, 3.05) is 0 Å². The van der Waals surface area contributed by atoms with E-state index in [1.165, 1.54) is 0 Å². The van der Waals surface area contributed by atoms with Crippen LogP contribution in [0.3, 0.4) is 0 Å². The van der Waals surface area contributed by atoms with E-state index in [2.05, 4.69) is 0 Å². The summed E-state index contributed by atoms with van der Waals surface area (Å²) in [6, 6.07) is 0. The molecule has 0 aromatic carbocycles. The zero-order chi connectivity index (χ0) is 2.00. The first kappa shape index (κ1) is 27.1. The molecule has 0 aromatic heterocycles. The van der Waals surface area contributed by atoms with Crippen molar-refractivity contribution < 1.29 is 77.3 Å². The van der Waals surface area contributed by atoms with Gasteiger partial charge in [-0.3, -0.25) is 0 Å². The molecule has 1 radical (unpaired) electrons. The van der Waals surface area contributed by atoms with Gasteiger partial charge in [0.05, 0.1) is 0 Å². The molecule has 5 heavy (non-hydrogen) atoms. The van der Waals surface area contributed by atoms with Gasteiger partial charge in [0.15, 0.2) is 0 Å². The molecule has 0 aromatic rings. The Kier molecular flexibility index (Phi) is 190. The first-order chi connectivity index (χ1) is 1.00. The van der Waals surface area contributed by atoms with Gasteiger partial charge >= 0.3 is 23.7 Å². The van der Waals surface area contributed by atoms with Gasteiger partial charge in [0.1, 0.15) is 0 Å². The van der Waals surface area contributed by atoms with Gasteiger partial charge in [-0.25, -0.2) is 0 Å². The summed E-state index contributed by atoms with van der Waals surface area (Å²) in [5.74, 6) is 0. The second kappa shape index (κ2) is 34.9. The van der Waals surface area contributed by atoms with Crippen molar-refractivity contribution in [3.05, 3.63) is 0 Å². The van der Waals surface area contributed by atoms with E-state index in [1.807, 2.05) is 0 Å². The molecular weight excluding hydrogens is 240 g/mol. The van der Waals surface area contributed by atoms with E-state index < -0.39 is 0 Å². The third-order valence-electron chi connectivity index (χ3n) is 0. The smallest absolute Gasteiger partial charge is 0 e. The third-order valence-corrected chi connectivity index (χ3v) is 0. The minimum atomic E-state index is 0. The van der Waals surface area contributed by atoms with Gasteiger partial charge in [-0.15, -0.1) is 0 Å². The summed E-state index contributed by atoms with van der Waals surface area (Å²) in [6.45, 7) is 0.